The highest BCUT2D eigenvalue weighted by molar-refractivity contribution is 6.08. The van der Waals surface area contributed by atoms with Crippen LogP contribution in [0.1, 0.15) is 15.9 Å². The van der Waals surface area contributed by atoms with Crippen LogP contribution in [-0.4, -0.2) is 31.2 Å². The van der Waals surface area contributed by atoms with Crippen LogP contribution in [-0.2, 0) is 0 Å². The van der Waals surface area contributed by atoms with Crippen molar-refractivity contribution in [1.82, 2.24) is 0 Å². The first-order chi connectivity index (χ1) is 10.1. The lowest BCUT2D eigenvalue weighted by atomic mass is 10.1. The summed E-state index contributed by atoms with van der Waals surface area (Å²) < 4.78 is 0. The van der Waals surface area contributed by atoms with E-state index in [0.717, 1.165) is 23.5 Å². The van der Waals surface area contributed by atoms with Gasteiger partial charge in [0.05, 0.1) is 11.4 Å². The Morgan fingerprint density at radius 3 is 2.52 bits per heavy atom. The minimum absolute atomic E-state index is 0.0779. The summed E-state index contributed by atoms with van der Waals surface area (Å²) >= 11 is 0. The predicted molar refractivity (Wildman–Crippen MR) is 84.2 cm³/mol. The quantitative estimate of drug-likeness (QED) is 0.874. The monoisotopic (exact) mass is 282 g/mol. The van der Waals surface area contributed by atoms with Crippen LogP contribution < -0.4 is 9.80 Å². The number of aryl methyl sites for hydroxylation is 1. The highest BCUT2D eigenvalue weighted by Crippen LogP contribution is 2.33. The fourth-order valence-corrected chi connectivity index (χ4v) is 2.62. The molecule has 0 bridgehead atoms. The van der Waals surface area contributed by atoms with Gasteiger partial charge < -0.3 is 14.9 Å². The minimum Gasteiger partial charge on any atom is -0.508 e. The molecule has 2 aromatic rings. The van der Waals surface area contributed by atoms with Crippen molar-refractivity contribution in [2.24, 2.45) is 0 Å². The number of nitrogens with zero attached hydrogens (tertiary/aromatic N) is 2. The van der Waals surface area contributed by atoms with Gasteiger partial charge in [0, 0.05) is 25.7 Å². The third-order valence-electron chi connectivity index (χ3n) is 3.94. The molecule has 108 valence electrons. The molecule has 0 aliphatic carbocycles. The van der Waals surface area contributed by atoms with E-state index < -0.39 is 0 Å². The van der Waals surface area contributed by atoms with E-state index in [0.29, 0.717) is 12.1 Å². The minimum atomic E-state index is -0.0779. The van der Waals surface area contributed by atoms with Crippen LogP contribution >= 0.6 is 0 Å². The number of benzene rings is 2. The number of para-hydroxylation sites is 2. The van der Waals surface area contributed by atoms with E-state index in [1.807, 2.05) is 38.2 Å². The molecule has 0 aromatic heterocycles. The Labute approximate surface area is 124 Å². The number of hydrogen-bond donors (Lipinski definition) is 1. The maximum absolute atomic E-state index is 12.7. The van der Waals surface area contributed by atoms with Crippen molar-refractivity contribution in [3.63, 3.8) is 0 Å². The molecule has 1 amide bonds. The van der Waals surface area contributed by atoms with Gasteiger partial charge in [0.15, 0.2) is 0 Å². The molecule has 2 aromatic carbocycles. The van der Waals surface area contributed by atoms with Gasteiger partial charge in [0.25, 0.3) is 5.91 Å². The number of likely N-dealkylation sites (N-methyl/N-ethyl adjacent to an activating group) is 1. The molecule has 0 unspecified atom stereocenters. The number of carbonyl (C=O) groups is 1. The summed E-state index contributed by atoms with van der Waals surface area (Å²) in [4.78, 5) is 16.7. The Morgan fingerprint density at radius 1 is 1.10 bits per heavy atom. The molecule has 0 saturated heterocycles. The molecule has 1 aliphatic heterocycles. The van der Waals surface area contributed by atoms with Gasteiger partial charge in [-0.05, 0) is 36.8 Å². The SMILES string of the molecule is Cc1ccc(C(=O)N2CCN(C)c3ccccc32)cc1O. The fourth-order valence-electron chi connectivity index (χ4n) is 2.62. The van der Waals surface area contributed by atoms with Crippen LogP contribution in [0.2, 0.25) is 0 Å². The Bertz CT molecular complexity index is 697. The number of hydrogen-bond acceptors (Lipinski definition) is 3. The van der Waals surface area contributed by atoms with Crippen LogP contribution in [0.3, 0.4) is 0 Å². The van der Waals surface area contributed by atoms with Gasteiger partial charge in [0.2, 0.25) is 0 Å². The lowest BCUT2D eigenvalue weighted by Crippen LogP contribution is -2.42. The maximum atomic E-state index is 12.7. The predicted octanol–water partition coefficient (Wildman–Crippen LogP) is 2.80. The van der Waals surface area contributed by atoms with Crippen LogP contribution in [0.15, 0.2) is 42.5 Å². The molecule has 1 aliphatic rings. The molecule has 0 radical (unpaired) electrons. The summed E-state index contributed by atoms with van der Waals surface area (Å²) in [6, 6.07) is 13.0. The topological polar surface area (TPSA) is 43.8 Å². The average molecular weight is 282 g/mol. The van der Waals surface area contributed by atoms with E-state index >= 15 is 0 Å². The summed E-state index contributed by atoms with van der Waals surface area (Å²) in [5, 5.41) is 9.81. The number of amides is 1. The summed E-state index contributed by atoms with van der Waals surface area (Å²) in [5.74, 6) is 0.0779. The van der Waals surface area contributed by atoms with E-state index in [1.165, 1.54) is 0 Å². The molecular formula is C17H18N2O2. The number of carbonyl (C=O) groups excluding carboxylic acids is 1. The zero-order valence-corrected chi connectivity index (χ0v) is 12.2. The van der Waals surface area contributed by atoms with E-state index in [4.69, 9.17) is 0 Å². The summed E-state index contributed by atoms with van der Waals surface area (Å²) in [6.07, 6.45) is 0. The van der Waals surface area contributed by atoms with Crippen LogP contribution in [0.5, 0.6) is 5.75 Å². The van der Waals surface area contributed by atoms with Gasteiger partial charge in [-0.2, -0.15) is 0 Å². The van der Waals surface area contributed by atoms with Crippen LogP contribution in [0.4, 0.5) is 11.4 Å². The van der Waals surface area contributed by atoms with Gasteiger partial charge >= 0.3 is 0 Å². The average Bonchev–Trinajstić information content (AvgIpc) is 2.50. The van der Waals surface area contributed by atoms with E-state index in [2.05, 4.69) is 4.90 Å². The van der Waals surface area contributed by atoms with Crippen molar-refractivity contribution in [1.29, 1.82) is 0 Å². The van der Waals surface area contributed by atoms with Gasteiger partial charge in [0.1, 0.15) is 5.75 Å². The third-order valence-corrected chi connectivity index (χ3v) is 3.94. The number of fused-ring (bicyclic) bond motifs is 1. The van der Waals surface area contributed by atoms with Crippen molar-refractivity contribution < 1.29 is 9.90 Å². The second-order valence-corrected chi connectivity index (χ2v) is 5.37. The zero-order valence-electron chi connectivity index (χ0n) is 12.2. The number of rotatable bonds is 1. The number of phenolic OH excluding ortho intramolecular Hbond substituents is 1. The Hall–Kier alpha value is -2.49. The molecule has 21 heavy (non-hydrogen) atoms. The van der Waals surface area contributed by atoms with E-state index in [1.54, 1.807) is 23.1 Å². The second kappa shape index (κ2) is 5.13. The van der Waals surface area contributed by atoms with Crippen molar-refractivity contribution in [2.45, 2.75) is 6.92 Å². The summed E-state index contributed by atoms with van der Waals surface area (Å²) in [6.45, 7) is 3.25. The first-order valence-corrected chi connectivity index (χ1v) is 6.99. The van der Waals surface area contributed by atoms with Gasteiger partial charge in [-0.3, -0.25) is 4.79 Å². The third kappa shape index (κ3) is 2.33. The lowest BCUT2D eigenvalue weighted by molar-refractivity contribution is 0.0986. The van der Waals surface area contributed by atoms with Crippen molar-refractivity contribution >= 4 is 17.3 Å². The van der Waals surface area contributed by atoms with Gasteiger partial charge in [-0.25, -0.2) is 0 Å². The first-order valence-electron chi connectivity index (χ1n) is 6.99. The van der Waals surface area contributed by atoms with E-state index in [-0.39, 0.29) is 11.7 Å². The molecule has 4 heteroatoms. The van der Waals surface area contributed by atoms with Crippen molar-refractivity contribution in [3.05, 3.63) is 53.6 Å². The number of phenols is 1. The summed E-state index contributed by atoms with van der Waals surface area (Å²) in [5.41, 5.74) is 3.24. The smallest absolute Gasteiger partial charge is 0.258 e. The normalized spacial score (nSPS) is 14.0. The maximum Gasteiger partial charge on any atom is 0.258 e. The zero-order chi connectivity index (χ0) is 15.0. The van der Waals surface area contributed by atoms with Gasteiger partial charge in [-0.15, -0.1) is 0 Å². The molecule has 1 N–H and O–H groups in total. The Kier molecular flexibility index (Phi) is 3.29. The molecule has 0 spiro atoms. The lowest BCUT2D eigenvalue weighted by Gasteiger charge is -2.35. The molecule has 1 heterocycles. The standard InChI is InChI=1S/C17H18N2O2/c1-12-7-8-13(11-16(12)20)17(21)19-10-9-18(2)14-5-3-4-6-15(14)19/h3-8,11,20H,9-10H2,1-2H3. The number of anilines is 2. The number of aromatic hydroxyl groups is 1. The molecule has 4 nitrogen and oxygen atoms in total. The van der Waals surface area contributed by atoms with E-state index in [9.17, 15) is 9.90 Å². The van der Waals surface area contributed by atoms with Crippen molar-refractivity contribution in [3.8, 4) is 5.75 Å². The molecule has 0 fully saturated rings. The second-order valence-electron chi connectivity index (χ2n) is 5.37. The molecular weight excluding hydrogens is 264 g/mol. The van der Waals surface area contributed by atoms with Crippen molar-refractivity contribution in [2.75, 3.05) is 29.9 Å². The summed E-state index contributed by atoms with van der Waals surface area (Å²) in [7, 11) is 2.03. The Morgan fingerprint density at radius 2 is 1.81 bits per heavy atom. The van der Waals surface area contributed by atoms with Crippen LogP contribution in [0, 0.1) is 6.92 Å². The highest BCUT2D eigenvalue weighted by Gasteiger charge is 2.25. The molecule has 0 saturated carbocycles. The molecule has 3 rings (SSSR count). The Balaban J connectivity index is 1.99. The largest absolute Gasteiger partial charge is 0.508 e. The molecule has 0 atom stereocenters. The van der Waals surface area contributed by atoms with Gasteiger partial charge in [-0.1, -0.05) is 18.2 Å². The van der Waals surface area contributed by atoms with Crippen LogP contribution in [0.25, 0.3) is 0 Å². The first kappa shape index (κ1) is 13.5. The fraction of sp³-hybridized carbons (Fsp3) is 0.235. The highest BCUT2D eigenvalue weighted by atomic mass is 16.3.